The van der Waals surface area contributed by atoms with Gasteiger partial charge in [-0.1, -0.05) is 0 Å². The van der Waals surface area contributed by atoms with E-state index in [-0.39, 0.29) is 13.0 Å². The van der Waals surface area contributed by atoms with Gasteiger partial charge in [0.05, 0.1) is 13.7 Å². The van der Waals surface area contributed by atoms with Gasteiger partial charge < -0.3 is 24.6 Å². The second-order valence-corrected chi connectivity index (χ2v) is 7.71. The van der Waals surface area contributed by atoms with Crippen LogP contribution in [0, 0.1) is 0 Å². The predicted molar refractivity (Wildman–Crippen MR) is 97.2 cm³/mol. The molecule has 0 bridgehead atoms. The molecule has 0 radical (unpaired) electrons. The summed E-state index contributed by atoms with van der Waals surface area (Å²) in [6, 6.07) is -1.30. The van der Waals surface area contributed by atoms with Gasteiger partial charge in [0.2, 0.25) is 5.91 Å². The van der Waals surface area contributed by atoms with Crippen LogP contribution < -0.4 is 5.32 Å². The third-order valence-electron chi connectivity index (χ3n) is 4.35. The van der Waals surface area contributed by atoms with Crippen molar-refractivity contribution in [1.29, 1.82) is 0 Å². The molecule has 28 heavy (non-hydrogen) atoms. The Bertz CT molecular complexity index is 615. The topological polar surface area (TPSA) is 131 Å². The number of nitrogens with zero attached hydrogens (tertiary/aromatic N) is 1. The molecule has 3 atom stereocenters. The normalized spacial score (nSPS) is 21.5. The maximum Gasteiger partial charge on any atom is 0.411 e. The van der Waals surface area contributed by atoms with E-state index in [0.29, 0.717) is 6.42 Å². The number of ether oxygens (including phenoxy) is 3. The molecule has 0 aliphatic carbocycles. The Balaban J connectivity index is 3.10. The quantitative estimate of drug-likeness (QED) is 0.481. The number of hydrogen-bond donors (Lipinski definition) is 2. The molecular formula is C18H30N2O8. The predicted octanol–water partition coefficient (Wildman–Crippen LogP) is 0.358. The summed E-state index contributed by atoms with van der Waals surface area (Å²) < 4.78 is 15.0. The highest BCUT2D eigenvalue weighted by Crippen LogP contribution is 2.31. The van der Waals surface area contributed by atoms with E-state index in [1.165, 1.54) is 18.7 Å². The maximum atomic E-state index is 13.0. The molecule has 0 aromatic rings. The van der Waals surface area contributed by atoms with Gasteiger partial charge in [-0.3, -0.25) is 14.5 Å². The number of aliphatic hydroxyl groups excluding tert-OH is 1. The molecule has 1 heterocycles. The first kappa shape index (κ1) is 23.7. The summed E-state index contributed by atoms with van der Waals surface area (Å²) in [7, 11) is 1.13. The summed E-state index contributed by atoms with van der Waals surface area (Å²) in [5.74, 6) is -2.21. The summed E-state index contributed by atoms with van der Waals surface area (Å²) in [6.07, 6.45) is -1.10. The van der Waals surface area contributed by atoms with Crippen LogP contribution in [0.2, 0.25) is 0 Å². The highest BCUT2D eigenvalue weighted by molar-refractivity contribution is 5.94. The van der Waals surface area contributed by atoms with Crippen LogP contribution in [-0.4, -0.2) is 77.5 Å². The largest absolute Gasteiger partial charge is 0.467 e. The fourth-order valence-corrected chi connectivity index (χ4v) is 3.03. The first-order valence-electron chi connectivity index (χ1n) is 9.05. The zero-order valence-electron chi connectivity index (χ0n) is 17.2. The number of hydrogen-bond acceptors (Lipinski definition) is 8. The number of nitrogens with one attached hydrogen (secondary N) is 1. The lowest BCUT2D eigenvalue weighted by Crippen LogP contribution is -2.63. The molecule has 3 unspecified atom stereocenters. The van der Waals surface area contributed by atoms with E-state index in [0.717, 1.165) is 7.11 Å². The van der Waals surface area contributed by atoms with Crippen LogP contribution >= 0.6 is 0 Å². The van der Waals surface area contributed by atoms with E-state index in [9.17, 15) is 24.3 Å². The van der Waals surface area contributed by atoms with Crippen LogP contribution in [0.15, 0.2) is 0 Å². The zero-order valence-corrected chi connectivity index (χ0v) is 17.2. The van der Waals surface area contributed by atoms with Crippen molar-refractivity contribution in [1.82, 2.24) is 10.2 Å². The molecule has 2 amide bonds. The van der Waals surface area contributed by atoms with E-state index >= 15 is 0 Å². The van der Waals surface area contributed by atoms with Crippen molar-refractivity contribution in [3.63, 3.8) is 0 Å². The Kier molecular flexibility index (Phi) is 7.80. The van der Waals surface area contributed by atoms with Crippen LogP contribution in [0.3, 0.4) is 0 Å². The number of rotatable bonds is 6. The molecule has 0 spiro atoms. The minimum absolute atomic E-state index is 0.185. The fourth-order valence-electron chi connectivity index (χ4n) is 3.03. The molecule has 1 rings (SSSR count). The highest BCUT2D eigenvalue weighted by Gasteiger charge is 2.52. The Hall–Kier alpha value is -2.36. The molecule has 1 fully saturated rings. The average molecular weight is 402 g/mol. The van der Waals surface area contributed by atoms with Gasteiger partial charge in [0.25, 0.3) is 0 Å². The number of esters is 2. The van der Waals surface area contributed by atoms with E-state index in [1.807, 2.05) is 0 Å². The number of aliphatic hydroxyl groups is 1. The number of carbonyl (C=O) groups is 4. The van der Waals surface area contributed by atoms with Crippen LogP contribution in [-0.2, 0) is 28.6 Å². The molecule has 160 valence electrons. The summed E-state index contributed by atoms with van der Waals surface area (Å²) in [6.45, 7) is 7.22. The van der Waals surface area contributed by atoms with Gasteiger partial charge in [0.15, 0.2) is 6.04 Å². The Morgan fingerprint density at radius 3 is 2.32 bits per heavy atom. The van der Waals surface area contributed by atoms with Gasteiger partial charge in [0.1, 0.15) is 17.2 Å². The molecule has 1 aliphatic heterocycles. The lowest BCUT2D eigenvalue weighted by Gasteiger charge is -2.37. The van der Waals surface area contributed by atoms with E-state index in [2.05, 4.69) is 10.1 Å². The number of amides is 2. The number of likely N-dealkylation sites (tertiary alicyclic amines) is 1. The highest BCUT2D eigenvalue weighted by atomic mass is 16.6. The maximum absolute atomic E-state index is 13.0. The summed E-state index contributed by atoms with van der Waals surface area (Å²) in [4.78, 5) is 50.0. The molecule has 1 saturated heterocycles. The van der Waals surface area contributed by atoms with Gasteiger partial charge >= 0.3 is 18.0 Å². The molecule has 10 nitrogen and oxygen atoms in total. The smallest absolute Gasteiger partial charge is 0.411 e. The molecule has 10 heteroatoms. The van der Waals surface area contributed by atoms with E-state index in [1.54, 1.807) is 20.8 Å². The van der Waals surface area contributed by atoms with Crippen LogP contribution in [0.25, 0.3) is 0 Å². The monoisotopic (exact) mass is 402 g/mol. The Morgan fingerprint density at radius 1 is 1.25 bits per heavy atom. The first-order valence-corrected chi connectivity index (χ1v) is 9.05. The van der Waals surface area contributed by atoms with Gasteiger partial charge in [-0.15, -0.1) is 0 Å². The van der Waals surface area contributed by atoms with Crippen molar-refractivity contribution in [2.24, 2.45) is 0 Å². The van der Waals surface area contributed by atoms with Gasteiger partial charge in [-0.2, -0.15) is 0 Å². The number of carbonyl (C=O) groups excluding carboxylic acids is 4. The lowest BCUT2D eigenvalue weighted by atomic mass is 9.95. The zero-order chi connectivity index (χ0) is 21.7. The molecule has 0 aromatic carbocycles. The summed E-state index contributed by atoms with van der Waals surface area (Å²) in [5.41, 5.74) is -2.37. The van der Waals surface area contributed by atoms with Gasteiger partial charge in [-0.25, -0.2) is 9.59 Å². The van der Waals surface area contributed by atoms with Crippen LogP contribution in [0.5, 0.6) is 0 Å². The average Bonchev–Trinajstić information content (AvgIpc) is 3.02. The Labute approximate surface area is 164 Å². The third-order valence-corrected chi connectivity index (χ3v) is 4.35. The van der Waals surface area contributed by atoms with Gasteiger partial charge in [-0.05, 0) is 40.5 Å². The molecule has 0 aromatic heterocycles. The Morgan fingerprint density at radius 2 is 1.86 bits per heavy atom. The van der Waals surface area contributed by atoms with Gasteiger partial charge in [0, 0.05) is 13.5 Å². The second-order valence-electron chi connectivity index (χ2n) is 7.71. The minimum atomic E-state index is -1.59. The third kappa shape index (κ3) is 5.57. The minimum Gasteiger partial charge on any atom is -0.467 e. The van der Waals surface area contributed by atoms with Crippen molar-refractivity contribution in [2.75, 3.05) is 20.3 Å². The van der Waals surface area contributed by atoms with Crippen LogP contribution in [0.4, 0.5) is 4.79 Å². The number of methoxy groups -OCH3 is 1. The van der Waals surface area contributed by atoms with E-state index in [4.69, 9.17) is 9.47 Å². The van der Waals surface area contributed by atoms with Crippen molar-refractivity contribution in [3.8, 4) is 0 Å². The van der Waals surface area contributed by atoms with Crippen molar-refractivity contribution >= 4 is 23.9 Å². The van der Waals surface area contributed by atoms with Crippen molar-refractivity contribution in [3.05, 3.63) is 0 Å². The summed E-state index contributed by atoms with van der Waals surface area (Å²) in [5, 5.41) is 12.4. The standard InChI is InChI=1S/C18H30N2O8/c1-11(27-12(2)22)13(14(23)26-6)19-15(24)18(10-21)8-7-9-20(18)16(25)28-17(3,4)5/h11,13,21H,7-10H2,1-6H3,(H,19,24). The molecular weight excluding hydrogens is 372 g/mol. The van der Waals surface area contributed by atoms with Crippen LogP contribution in [0.1, 0.15) is 47.5 Å². The lowest BCUT2D eigenvalue weighted by molar-refractivity contribution is -0.157. The summed E-state index contributed by atoms with van der Waals surface area (Å²) >= 11 is 0. The molecule has 2 N–H and O–H groups in total. The molecule has 1 aliphatic rings. The second kappa shape index (κ2) is 9.22. The fraction of sp³-hybridized carbons (Fsp3) is 0.778. The first-order chi connectivity index (χ1) is 12.9. The SMILES string of the molecule is COC(=O)C(NC(=O)C1(CO)CCCN1C(=O)OC(C)(C)C)C(C)OC(C)=O. The van der Waals surface area contributed by atoms with E-state index < -0.39 is 53.8 Å². The molecule has 0 saturated carbocycles. The van der Waals surface area contributed by atoms with Crippen molar-refractivity contribution < 1.29 is 38.5 Å². The van der Waals surface area contributed by atoms with Crippen molar-refractivity contribution in [2.45, 2.75) is 70.7 Å².